The fourth-order valence-electron chi connectivity index (χ4n) is 0.475. The van der Waals surface area contributed by atoms with E-state index in [0.29, 0.717) is 0 Å². The maximum atomic E-state index is 11.6. The zero-order valence-electron chi connectivity index (χ0n) is 6.32. The SMILES string of the molecule is CCOCC(Cl)C(=O)C(F)(F)F. The highest BCUT2D eigenvalue weighted by Crippen LogP contribution is 2.20. The Bertz CT molecular complexity index is 157. The summed E-state index contributed by atoms with van der Waals surface area (Å²) in [5.41, 5.74) is 0. The molecule has 0 spiro atoms. The van der Waals surface area contributed by atoms with E-state index in [9.17, 15) is 18.0 Å². The quantitative estimate of drug-likeness (QED) is 0.653. The van der Waals surface area contributed by atoms with Crippen LogP contribution in [0, 0.1) is 0 Å². The third-order valence-corrected chi connectivity index (χ3v) is 1.36. The van der Waals surface area contributed by atoms with Crippen LogP contribution in [0.2, 0.25) is 0 Å². The molecule has 0 fully saturated rings. The van der Waals surface area contributed by atoms with Gasteiger partial charge in [-0.3, -0.25) is 4.79 Å². The first-order valence-corrected chi connectivity index (χ1v) is 3.66. The van der Waals surface area contributed by atoms with Crippen molar-refractivity contribution in [2.24, 2.45) is 0 Å². The van der Waals surface area contributed by atoms with Gasteiger partial charge >= 0.3 is 6.18 Å². The minimum Gasteiger partial charge on any atom is -0.380 e. The van der Waals surface area contributed by atoms with Crippen molar-refractivity contribution in [1.82, 2.24) is 0 Å². The van der Waals surface area contributed by atoms with Crippen LogP contribution in [0.4, 0.5) is 13.2 Å². The number of halogens is 4. The van der Waals surface area contributed by atoms with E-state index in [1.54, 1.807) is 6.92 Å². The van der Waals surface area contributed by atoms with Crippen molar-refractivity contribution >= 4 is 17.4 Å². The molecule has 6 heteroatoms. The standard InChI is InChI=1S/C6H8ClF3O2/c1-2-12-3-4(7)5(11)6(8,9)10/h4H,2-3H2,1H3. The summed E-state index contributed by atoms with van der Waals surface area (Å²) in [6.07, 6.45) is -4.87. The molecule has 0 aromatic carbocycles. The maximum Gasteiger partial charge on any atom is 0.451 e. The van der Waals surface area contributed by atoms with E-state index in [1.165, 1.54) is 0 Å². The highest BCUT2D eigenvalue weighted by atomic mass is 35.5. The van der Waals surface area contributed by atoms with Crippen LogP contribution in [0.5, 0.6) is 0 Å². The molecule has 1 atom stereocenters. The molecule has 0 amide bonds. The van der Waals surface area contributed by atoms with Gasteiger partial charge in [-0.05, 0) is 6.92 Å². The lowest BCUT2D eigenvalue weighted by Crippen LogP contribution is -2.33. The molecule has 0 aromatic heterocycles. The molecule has 0 radical (unpaired) electrons. The lowest BCUT2D eigenvalue weighted by Gasteiger charge is -2.10. The molecular formula is C6H8ClF3O2. The average Bonchev–Trinajstić information content (AvgIpc) is 1.97. The van der Waals surface area contributed by atoms with Gasteiger partial charge in [0.05, 0.1) is 6.61 Å². The summed E-state index contributed by atoms with van der Waals surface area (Å²) in [6.45, 7) is 1.42. The highest BCUT2D eigenvalue weighted by Gasteiger charge is 2.42. The third kappa shape index (κ3) is 3.92. The number of Topliss-reactive ketones (excluding diaryl/α,β-unsaturated/α-hetero) is 1. The Labute approximate surface area is 72.6 Å². The molecule has 0 aromatic rings. The van der Waals surface area contributed by atoms with Gasteiger partial charge < -0.3 is 4.74 Å². The first kappa shape index (κ1) is 11.7. The molecule has 12 heavy (non-hydrogen) atoms. The van der Waals surface area contributed by atoms with Gasteiger partial charge in [-0.15, -0.1) is 11.6 Å². The molecule has 0 rings (SSSR count). The van der Waals surface area contributed by atoms with Crippen LogP contribution in [0.25, 0.3) is 0 Å². The van der Waals surface area contributed by atoms with Gasteiger partial charge in [0.1, 0.15) is 5.38 Å². The molecule has 0 heterocycles. The number of carbonyl (C=O) groups excluding carboxylic acids is 1. The summed E-state index contributed by atoms with van der Waals surface area (Å²) in [7, 11) is 0. The van der Waals surface area contributed by atoms with Crippen LogP contribution >= 0.6 is 11.6 Å². The normalized spacial score (nSPS) is 14.4. The number of hydrogen-bond acceptors (Lipinski definition) is 2. The zero-order chi connectivity index (χ0) is 9.78. The van der Waals surface area contributed by atoms with Gasteiger partial charge in [-0.2, -0.15) is 13.2 Å². The second kappa shape index (κ2) is 4.67. The van der Waals surface area contributed by atoms with Crippen LogP contribution < -0.4 is 0 Å². The number of ketones is 1. The Hall–Kier alpha value is -0.290. The van der Waals surface area contributed by atoms with Crippen molar-refractivity contribution in [1.29, 1.82) is 0 Å². The monoisotopic (exact) mass is 204 g/mol. The second-order valence-corrected chi connectivity index (χ2v) is 2.52. The van der Waals surface area contributed by atoms with E-state index in [0.717, 1.165) is 0 Å². The van der Waals surface area contributed by atoms with Gasteiger partial charge in [0, 0.05) is 6.61 Å². The van der Waals surface area contributed by atoms with Crippen molar-refractivity contribution in [3.8, 4) is 0 Å². The summed E-state index contributed by atoms with van der Waals surface area (Å²) in [4.78, 5) is 10.3. The maximum absolute atomic E-state index is 11.6. The Morgan fingerprint density at radius 3 is 2.42 bits per heavy atom. The number of alkyl halides is 4. The largest absolute Gasteiger partial charge is 0.451 e. The lowest BCUT2D eigenvalue weighted by atomic mass is 10.3. The first-order valence-electron chi connectivity index (χ1n) is 3.22. The average molecular weight is 205 g/mol. The molecule has 0 saturated heterocycles. The van der Waals surface area contributed by atoms with Gasteiger partial charge in [-0.25, -0.2) is 0 Å². The summed E-state index contributed by atoms with van der Waals surface area (Å²) >= 11 is 5.10. The zero-order valence-corrected chi connectivity index (χ0v) is 7.08. The predicted octanol–water partition coefficient (Wildman–Crippen LogP) is 1.76. The fourth-order valence-corrected chi connectivity index (χ4v) is 0.687. The van der Waals surface area contributed by atoms with Crippen LogP contribution in [-0.2, 0) is 9.53 Å². The second-order valence-electron chi connectivity index (χ2n) is 1.99. The van der Waals surface area contributed by atoms with Crippen molar-refractivity contribution in [2.75, 3.05) is 13.2 Å². The number of carbonyl (C=O) groups is 1. The van der Waals surface area contributed by atoms with Crippen LogP contribution in [0.15, 0.2) is 0 Å². The van der Waals surface area contributed by atoms with E-state index >= 15 is 0 Å². The van der Waals surface area contributed by atoms with E-state index in [2.05, 4.69) is 4.74 Å². The molecule has 1 unspecified atom stereocenters. The van der Waals surface area contributed by atoms with Gasteiger partial charge in [0.15, 0.2) is 0 Å². The summed E-state index contributed by atoms with van der Waals surface area (Å²) in [5, 5.41) is -1.63. The molecule has 0 aliphatic rings. The van der Waals surface area contributed by atoms with Crippen LogP contribution in [0.1, 0.15) is 6.92 Å². The molecule has 0 bridgehead atoms. The summed E-state index contributed by atoms with van der Waals surface area (Å²) < 4.78 is 39.5. The Morgan fingerprint density at radius 1 is 1.58 bits per heavy atom. The smallest absolute Gasteiger partial charge is 0.380 e. The molecule has 0 aliphatic heterocycles. The molecule has 0 saturated carbocycles. The molecule has 72 valence electrons. The minimum atomic E-state index is -4.87. The number of hydrogen-bond donors (Lipinski definition) is 0. The van der Waals surface area contributed by atoms with E-state index in [1.807, 2.05) is 0 Å². The predicted molar refractivity (Wildman–Crippen MR) is 37.2 cm³/mol. The summed E-state index contributed by atoms with van der Waals surface area (Å²) in [5.74, 6) is -1.96. The van der Waals surface area contributed by atoms with Crippen LogP contribution in [0.3, 0.4) is 0 Å². The Kier molecular flexibility index (Phi) is 4.55. The molecular weight excluding hydrogens is 197 g/mol. The molecule has 0 N–H and O–H groups in total. The topological polar surface area (TPSA) is 26.3 Å². The number of ether oxygens (including phenoxy) is 1. The Morgan fingerprint density at radius 2 is 2.08 bits per heavy atom. The van der Waals surface area contributed by atoms with Crippen molar-refractivity contribution < 1.29 is 22.7 Å². The van der Waals surface area contributed by atoms with Gasteiger partial charge in [0.25, 0.3) is 5.78 Å². The first-order chi connectivity index (χ1) is 5.39. The fraction of sp³-hybridized carbons (Fsp3) is 0.833. The van der Waals surface area contributed by atoms with E-state index in [4.69, 9.17) is 11.6 Å². The minimum absolute atomic E-state index is 0.231. The van der Waals surface area contributed by atoms with Gasteiger partial charge in [-0.1, -0.05) is 0 Å². The number of rotatable bonds is 4. The van der Waals surface area contributed by atoms with E-state index < -0.39 is 23.9 Å². The highest BCUT2D eigenvalue weighted by molar-refractivity contribution is 6.32. The van der Waals surface area contributed by atoms with Crippen molar-refractivity contribution in [2.45, 2.75) is 18.5 Å². The summed E-state index contributed by atoms with van der Waals surface area (Å²) in [6, 6.07) is 0. The molecule has 0 aliphatic carbocycles. The van der Waals surface area contributed by atoms with E-state index in [-0.39, 0.29) is 6.61 Å². The Balaban J connectivity index is 3.94. The molecule has 2 nitrogen and oxygen atoms in total. The van der Waals surface area contributed by atoms with Gasteiger partial charge in [0.2, 0.25) is 0 Å². The van der Waals surface area contributed by atoms with Crippen molar-refractivity contribution in [3.05, 3.63) is 0 Å². The van der Waals surface area contributed by atoms with Crippen molar-refractivity contribution in [3.63, 3.8) is 0 Å². The van der Waals surface area contributed by atoms with Crippen LogP contribution in [-0.4, -0.2) is 30.6 Å². The third-order valence-electron chi connectivity index (χ3n) is 1.03. The lowest BCUT2D eigenvalue weighted by molar-refractivity contribution is -0.171.